The average molecular weight is 243 g/mol. The van der Waals surface area contributed by atoms with Crippen LogP contribution in [0.5, 0.6) is 0 Å². The van der Waals surface area contributed by atoms with E-state index in [2.05, 4.69) is 5.32 Å². The molecule has 0 unspecified atom stereocenters. The summed E-state index contributed by atoms with van der Waals surface area (Å²) in [6.45, 7) is 4.29. The predicted molar refractivity (Wildman–Crippen MR) is 64.2 cm³/mol. The molecule has 0 amide bonds. The van der Waals surface area contributed by atoms with Crippen LogP contribution in [-0.4, -0.2) is 25.1 Å². The third kappa shape index (κ3) is 6.34. The summed E-state index contributed by atoms with van der Waals surface area (Å²) in [6, 6.07) is 9.77. The van der Waals surface area contributed by atoms with Crippen molar-refractivity contribution < 1.29 is 13.5 Å². The van der Waals surface area contributed by atoms with Crippen molar-refractivity contribution in [2.75, 3.05) is 13.2 Å². The summed E-state index contributed by atoms with van der Waals surface area (Å²) < 4.78 is 29.6. The second kappa shape index (κ2) is 6.67. The fraction of sp³-hybridized carbons (Fsp3) is 0.538. The minimum atomic E-state index is -2.33. The van der Waals surface area contributed by atoms with Gasteiger partial charge in [0.15, 0.2) is 0 Å². The van der Waals surface area contributed by atoms with Crippen molar-refractivity contribution >= 4 is 0 Å². The number of alkyl halides is 2. The van der Waals surface area contributed by atoms with Crippen LogP contribution in [0.4, 0.5) is 8.78 Å². The predicted octanol–water partition coefficient (Wildman–Crippen LogP) is 2.84. The first-order valence-corrected chi connectivity index (χ1v) is 5.64. The van der Waals surface area contributed by atoms with Crippen molar-refractivity contribution in [1.29, 1.82) is 0 Å². The summed E-state index contributed by atoms with van der Waals surface area (Å²) in [5.41, 5.74) is 0.641. The lowest BCUT2D eigenvalue weighted by Gasteiger charge is -2.26. The minimum Gasteiger partial charge on any atom is -0.375 e. The van der Waals surface area contributed by atoms with Crippen molar-refractivity contribution in [3.63, 3.8) is 0 Å². The molecule has 1 aromatic rings. The Kier molecular flexibility index (Phi) is 5.51. The van der Waals surface area contributed by atoms with Crippen LogP contribution in [0.25, 0.3) is 0 Å². The quantitative estimate of drug-likeness (QED) is 0.795. The van der Waals surface area contributed by atoms with Crippen LogP contribution in [0.1, 0.15) is 19.4 Å². The molecule has 0 heterocycles. The number of nitrogens with one attached hydrogen (secondary N) is 1. The van der Waals surface area contributed by atoms with Crippen molar-refractivity contribution in [3.8, 4) is 0 Å². The minimum absolute atomic E-state index is 0.304. The standard InChI is InChI=1S/C13H19F2NO/c1-13(2,16-8-12(14)15)10-17-9-11-6-4-3-5-7-11/h3-7,12,16H,8-10H2,1-2H3. The fourth-order valence-electron chi connectivity index (χ4n) is 1.40. The molecule has 0 aliphatic heterocycles. The van der Waals surface area contributed by atoms with Crippen molar-refractivity contribution in [2.24, 2.45) is 0 Å². The lowest BCUT2D eigenvalue weighted by molar-refractivity contribution is 0.0589. The summed E-state index contributed by atoms with van der Waals surface area (Å²) in [5.74, 6) is 0. The fourth-order valence-corrected chi connectivity index (χ4v) is 1.40. The average Bonchev–Trinajstić information content (AvgIpc) is 2.28. The molecule has 0 radical (unpaired) electrons. The normalized spacial score (nSPS) is 12.1. The van der Waals surface area contributed by atoms with Gasteiger partial charge in [-0.15, -0.1) is 0 Å². The molecular weight excluding hydrogens is 224 g/mol. The van der Waals surface area contributed by atoms with Crippen LogP contribution in [-0.2, 0) is 11.3 Å². The maximum atomic E-state index is 12.0. The molecule has 0 fully saturated rings. The maximum absolute atomic E-state index is 12.0. The van der Waals surface area contributed by atoms with E-state index in [0.717, 1.165) is 5.56 Å². The highest BCUT2D eigenvalue weighted by Gasteiger charge is 2.18. The molecule has 0 saturated heterocycles. The van der Waals surface area contributed by atoms with Gasteiger partial charge in [0.1, 0.15) is 0 Å². The summed E-state index contributed by atoms with van der Waals surface area (Å²) in [5, 5.41) is 2.77. The highest BCUT2D eigenvalue weighted by molar-refractivity contribution is 5.13. The zero-order valence-electron chi connectivity index (χ0n) is 10.2. The Hall–Kier alpha value is -1.00. The molecule has 17 heavy (non-hydrogen) atoms. The third-order valence-electron chi connectivity index (χ3n) is 2.31. The van der Waals surface area contributed by atoms with E-state index in [-0.39, 0.29) is 6.54 Å². The van der Waals surface area contributed by atoms with Crippen LogP contribution >= 0.6 is 0 Å². The second-order valence-electron chi connectivity index (χ2n) is 4.63. The first-order valence-electron chi connectivity index (χ1n) is 5.64. The summed E-state index contributed by atoms with van der Waals surface area (Å²) in [4.78, 5) is 0. The van der Waals surface area contributed by atoms with Gasteiger partial charge in [-0.2, -0.15) is 0 Å². The molecule has 0 aromatic heterocycles. The van der Waals surface area contributed by atoms with E-state index in [1.165, 1.54) is 0 Å². The number of rotatable bonds is 7. The molecule has 0 spiro atoms. The zero-order chi connectivity index (χ0) is 12.7. The van der Waals surface area contributed by atoms with E-state index >= 15 is 0 Å². The van der Waals surface area contributed by atoms with Crippen LogP contribution in [0.15, 0.2) is 30.3 Å². The van der Waals surface area contributed by atoms with Gasteiger partial charge in [0.05, 0.1) is 19.8 Å². The van der Waals surface area contributed by atoms with Gasteiger partial charge in [0.25, 0.3) is 6.43 Å². The summed E-state index contributed by atoms with van der Waals surface area (Å²) >= 11 is 0. The Labute approximate surface area is 101 Å². The smallest absolute Gasteiger partial charge is 0.250 e. The number of hydrogen-bond acceptors (Lipinski definition) is 2. The summed E-state index contributed by atoms with van der Waals surface area (Å²) in [6.07, 6.45) is -2.33. The molecule has 1 N–H and O–H groups in total. The van der Waals surface area contributed by atoms with Gasteiger partial charge in [0, 0.05) is 5.54 Å². The Morgan fingerprint density at radius 1 is 1.24 bits per heavy atom. The number of halogens is 2. The van der Waals surface area contributed by atoms with Crippen LogP contribution in [0.2, 0.25) is 0 Å². The Morgan fingerprint density at radius 2 is 1.88 bits per heavy atom. The van der Waals surface area contributed by atoms with Gasteiger partial charge in [0.2, 0.25) is 0 Å². The lowest BCUT2D eigenvalue weighted by atomic mass is 10.1. The van der Waals surface area contributed by atoms with E-state index < -0.39 is 12.0 Å². The number of benzene rings is 1. The van der Waals surface area contributed by atoms with Gasteiger partial charge in [-0.25, -0.2) is 8.78 Å². The monoisotopic (exact) mass is 243 g/mol. The van der Waals surface area contributed by atoms with Crippen LogP contribution < -0.4 is 5.32 Å². The second-order valence-corrected chi connectivity index (χ2v) is 4.63. The SMILES string of the molecule is CC(C)(COCc1ccccc1)NCC(F)F. The molecule has 0 bridgehead atoms. The van der Waals surface area contributed by atoms with Gasteiger partial charge < -0.3 is 10.1 Å². The van der Waals surface area contributed by atoms with E-state index in [4.69, 9.17) is 4.74 Å². The molecule has 1 aromatic carbocycles. The molecular formula is C13H19F2NO. The first kappa shape index (κ1) is 14.1. The van der Waals surface area contributed by atoms with Crippen molar-refractivity contribution in [2.45, 2.75) is 32.4 Å². The zero-order valence-corrected chi connectivity index (χ0v) is 10.2. The highest BCUT2D eigenvalue weighted by atomic mass is 19.3. The van der Waals surface area contributed by atoms with Gasteiger partial charge in [-0.05, 0) is 19.4 Å². The van der Waals surface area contributed by atoms with Crippen molar-refractivity contribution in [1.82, 2.24) is 5.32 Å². The molecule has 1 rings (SSSR count). The van der Waals surface area contributed by atoms with Crippen molar-refractivity contribution in [3.05, 3.63) is 35.9 Å². The lowest BCUT2D eigenvalue weighted by Crippen LogP contribution is -2.45. The largest absolute Gasteiger partial charge is 0.375 e. The molecule has 0 aliphatic carbocycles. The molecule has 96 valence electrons. The third-order valence-corrected chi connectivity index (χ3v) is 2.31. The van der Waals surface area contributed by atoms with Gasteiger partial charge in [-0.3, -0.25) is 0 Å². The van der Waals surface area contributed by atoms with Crippen LogP contribution in [0.3, 0.4) is 0 Å². The molecule has 4 heteroatoms. The topological polar surface area (TPSA) is 21.3 Å². The molecule has 2 nitrogen and oxygen atoms in total. The van der Waals surface area contributed by atoms with Gasteiger partial charge in [-0.1, -0.05) is 30.3 Å². The summed E-state index contributed by atoms with van der Waals surface area (Å²) in [7, 11) is 0. The van der Waals surface area contributed by atoms with Gasteiger partial charge >= 0.3 is 0 Å². The Morgan fingerprint density at radius 3 is 2.47 bits per heavy atom. The van der Waals surface area contributed by atoms with Crippen LogP contribution in [0, 0.1) is 0 Å². The number of hydrogen-bond donors (Lipinski definition) is 1. The maximum Gasteiger partial charge on any atom is 0.250 e. The van der Waals surface area contributed by atoms with E-state index in [1.54, 1.807) is 0 Å². The van der Waals surface area contributed by atoms with E-state index in [0.29, 0.717) is 13.2 Å². The Balaban J connectivity index is 2.25. The highest BCUT2D eigenvalue weighted by Crippen LogP contribution is 2.07. The Bertz CT molecular complexity index is 314. The first-order chi connectivity index (χ1) is 7.99. The molecule has 0 saturated carbocycles. The van der Waals surface area contributed by atoms with E-state index in [9.17, 15) is 8.78 Å². The van der Waals surface area contributed by atoms with E-state index in [1.807, 2.05) is 44.2 Å². The number of ether oxygens (including phenoxy) is 1. The molecule has 0 aliphatic rings. The molecule has 0 atom stereocenters.